The molecule has 5 nitrogen and oxygen atoms in total. The minimum atomic E-state index is -0.847. The Morgan fingerprint density at radius 3 is 2.92 bits per heavy atom. The standard InChI is InChI=1S/C18H22N4OS2/c1-11(2)18(3,9-19)22-14(23)8-24-16-15-12-6-4-5-7-13(12)25-17(15)21-10-20-16/h10-11H,4-8H2,1-3H3,(H,22,23). The van der Waals surface area contributed by atoms with E-state index in [4.69, 9.17) is 0 Å². The molecular weight excluding hydrogens is 352 g/mol. The minimum absolute atomic E-state index is 0.0427. The van der Waals surface area contributed by atoms with Crippen LogP contribution >= 0.6 is 23.1 Å². The van der Waals surface area contributed by atoms with E-state index in [1.807, 2.05) is 13.8 Å². The second kappa shape index (κ2) is 7.30. The molecule has 0 spiro atoms. The van der Waals surface area contributed by atoms with Crippen molar-refractivity contribution in [3.8, 4) is 6.07 Å². The molecule has 1 N–H and O–H groups in total. The van der Waals surface area contributed by atoms with Gasteiger partial charge in [-0.25, -0.2) is 9.97 Å². The van der Waals surface area contributed by atoms with Crippen LogP contribution in [0.25, 0.3) is 10.2 Å². The van der Waals surface area contributed by atoms with Gasteiger partial charge in [-0.1, -0.05) is 25.6 Å². The zero-order valence-electron chi connectivity index (χ0n) is 14.8. The van der Waals surface area contributed by atoms with Crippen LogP contribution in [-0.4, -0.2) is 27.2 Å². The van der Waals surface area contributed by atoms with E-state index in [9.17, 15) is 10.1 Å². The van der Waals surface area contributed by atoms with Gasteiger partial charge in [0, 0.05) is 10.3 Å². The third-order valence-corrected chi connectivity index (χ3v) is 7.03. The van der Waals surface area contributed by atoms with Crippen LogP contribution < -0.4 is 5.32 Å². The topological polar surface area (TPSA) is 78.7 Å². The summed E-state index contributed by atoms with van der Waals surface area (Å²) in [5.41, 5.74) is 0.527. The summed E-state index contributed by atoms with van der Waals surface area (Å²) in [6, 6.07) is 2.21. The van der Waals surface area contributed by atoms with Crippen molar-refractivity contribution in [1.29, 1.82) is 5.26 Å². The maximum atomic E-state index is 12.3. The van der Waals surface area contributed by atoms with Gasteiger partial charge < -0.3 is 5.32 Å². The van der Waals surface area contributed by atoms with E-state index in [0.717, 1.165) is 28.1 Å². The van der Waals surface area contributed by atoms with Gasteiger partial charge in [-0.15, -0.1) is 11.3 Å². The molecule has 1 atom stereocenters. The molecule has 1 unspecified atom stereocenters. The Labute approximate surface area is 156 Å². The molecule has 25 heavy (non-hydrogen) atoms. The second-order valence-corrected chi connectivity index (χ2v) is 8.92. The third kappa shape index (κ3) is 3.65. The molecule has 0 saturated carbocycles. The summed E-state index contributed by atoms with van der Waals surface area (Å²) >= 11 is 3.19. The first-order chi connectivity index (χ1) is 11.9. The number of nitrogens with zero attached hydrogens (tertiary/aromatic N) is 3. The van der Waals surface area contributed by atoms with Gasteiger partial charge in [-0.05, 0) is 44.1 Å². The number of fused-ring (bicyclic) bond motifs is 3. The molecule has 1 amide bonds. The normalized spacial score (nSPS) is 16.3. The molecule has 0 bridgehead atoms. The molecule has 2 heterocycles. The zero-order valence-corrected chi connectivity index (χ0v) is 16.4. The Hall–Kier alpha value is -1.65. The first-order valence-electron chi connectivity index (χ1n) is 8.55. The highest BCUT2D eigenvalue weighted by atomic mass is 32.2. The number of carbonyl (C=O) groups is 1. The van der Waals surface area contributed by atoms with Gasteiger partial charge in [0.15, 0.2) is 0 Å². The molecule has 3 rings (SSSR count). The Kier molecular flexibility index (Phi) is 5.30. The Morgan fingerprint density at radius 2 is 2.20 bits per heavy atom. The molecule has 1 aliphatic carbocycles. The lowest BCUT2D eigenvalue weighted by Gasteiger charge is -2.27. The number of nitriles is 1. The number of thiophene rings is 1. The maximum Gasteiger partial charge on any atom is 0.231 e. The first kappa shape index (κ1) is 18.2. The average molecular weight is 375 g/mol. The van der Waals surface area contributed by atoms with Gasteiger partial charge in [-0.3, -0.25) is 4.79 Å². The summed E-state index contributed by atoms with van der Waals surface area (Å²) in [5, 5.41) is 14.2. The summed E-state index contributed by atoms with van der Waals surface area (Å²) in [6.07, 6.45) is 6.21. The van der Waals surface area contributed by atoms with Crippen LogP contribution in [-0.2, 0) is 17.6 Å². The number of hydrogen-bond donors (Lipinski definition) is 1. The second-order valence-electron chi connectivity index (χ2n) is 6.88. The van der Waals surface area contributed by atoms with Gasteiger partial charge in [0.05, 0.1) is 11.8 Å². The number of carbonyl (C=O) groups excluding carboxylic acids is 1. The van der Waals surface area contributed by atoms with Gasteiger partial charge >= 0.3 is 0 Å². The van der Waals surface area contributed by atoms with Gasteiger partial charge in [0.25, 0.3) is 0 Å². The Bertz CT molecular complexity index is 839. The number of thioether (sulfide) groups is 1. The van der Waals surface area contributed by atoms with E-state index in [0.29, 0.717) is 0 Å². The van der Waals surface area contributed by atoms with Gasteiger partial charge in [0.2, 0.25) is 5.91 Å². The van der Waals surface area contributed by atoms with Crippen molar-refractivity contribution < 1.29 is 4.79 Å². The van der Waals surface area contributed by atoms with E-state index in [1.165, 1.54) is 35.0 Å². The van der Waals surface area contributed by atoms with Crippen LogP contribution in [0.4, 0.5) is 0 Å². The highest BCUT2D eigenvalue weighted by molar-refractivity contribution is 8.00. The number of rotatable bonds is 5. The number of aryl methyl sites for hydroxylation is 2. The van der Waals surface area contributed by atoms with E-state index in [1.54, 1.807) is 24.6 Å². The maximum absolute atomic E-state index is 12.3. The predicted molar refractivity (Wildman–Crippen MR) is 102 cm³/mol. The molecule has 0 saturated heterocycles. The van der Waals surface area contributed by atoms with Gasteiger partial charge in [0.1, 0.15) is 21.7 Å². The van der Waals surface area contributed by atoms with Crippen LogP contribution in [0.15, 0.2) is 11.4 Å². The number of nitrogens with one attached hydrogen (secondary N) is 1. The van der Waals surface area contributed by atoms with E-state index >= 15 is 0 Å². The number of aromatic nitrogens is 2. The molecule has 1 aliphatic rings. The fraction of sp³-hybridized carbons (Fsp3) is 0.556. The summed E-state index contributed by atoms with van der Waals surface area (Å²) in [5.74, 6) is 0.153. The molecule has 132 valence electrons. The SMILES string of the molecule is CC(C)C(C)(C#N)NC(=O)CSc1ncnc2sc3c(c12)CCCC3. The van der Waals surface area contributed by atoms with Crippen molar-refractivity contribution in [1.82, 2.24) is 15.3 Å². The van der Waals surface area contributed by atoms with Crippen LogP contribution in [0.1, 0.15) is 44.1 Å². The quantitative estimate of drug-likeness (QED) is 0.637. The van der Waals surface area contributed by atoms with E-state index in [2.05, 4.69) is 21.4 Å². The van der Waals surface area contributed by atoms with Crippen LogP contribution in [0, 0.1) is 17.2 Å². The molecule has 0 radical (unpaired) electrons. The highest BCUT2D eigenvalue weighted by Gasteiger charge is 2.30. The van der Waals surface area contributed by atoms with E-state index in [-0.39, 0.29) is 17.6 Å². The molecular formula is C18H22N4OS2. The molecule has 7 heteroatoms. The van der Waals surface area contributed by atoms with Crippen molar-refractivity contribution in [2.75, 3.05) is 5.75 Å². The summed E-state index contributed by atoms with van der Waals surface area (Å²) in [6.45, 7) is 5.63. The summed E-state index contributed by atoms with van der Waals surface area (Å²) in [4.78, 5) is 23.6. The molecule has 2 aromatic rings. The molecule has 0 aromatic carbocycles. The largest absolute Gasteiger partial charge is 0.337 e. The predicted octanol–water partition coefficient (Wildman–Crippen LogP) is 3.72. The summed E-state index contributed by atoms with van der Waals surface area (Å²) < 4.78 is 0. The van der Waals surface area contributed by atoms with Gasteiger partial charge in [-0.2, -0.15) is 5.26 Å². The zero-order chi connectivity index (χ0) is 18.0. The van der Waals surface area contributed by atoms with Crippen molar-refractivity contribution in [2.45, 2.75) is 57.0 Å². The lowest BCUT2D eigenvalue weighted by atomic mass is 9.90. The fourth-order valence-electron chi connectivity index (χ4n) is 2.93. The first-order valence-corrected chi connectivity index (χ1v) is 10.3. The third-order valence-electron chi connectivity index (χ3n) is 4.84. The monoisotopic (exact) mass is 374 g/mol. The van der Waals surface area contributed by atoms with Crippen LogP contribution in [0.2, 0.25) is 0 Å². The lowest BCUT2D eigenvalue weighted by molar-refractivity contribution is -0.120. The highest BCUT2D eigenvalue weighted by Crippen LogP contribution is 2.39. The van der Waals surface area contributed by atoms with Crippen molar-refractivity contribution in [2.24, 2.45) is 5.92 Å². The smallest absolute Gasteiger partial charge is 0.231 e. The summed E-state index contributed by atoms with van der Waals surface area (Å²) in [7, 11) is 0. The van der Waals surface area contributed by atoms with Crippen molar-refractivity contribution >= 4 is 39.2 Å². The van der Waals surface area contributed by atoms with Crippen LogP contribution in [0.3, 0.4) is 0 Å². The van der Waals surface area contributed by atoms with Crippen molar-refractivity contribution in [3.05, 3.63) is 16.8 Å². The lowest BCUT2D eigenvalue weighted by Crippen LogP contribution is -2.49. The Balaban J connectivity index is 1.77. The fourth-order valence-corrected chi connectivity index (χ4v) is 5.05. The van der Waals surface area contributed by atoms with E-state index < -0.39 is 5.54 Å². The molecule has 0 aliphatic heterocycles. The molecule has 2 aromatic heterocycles. The number of amides is 1. The van der Waals surface area contributed by atoms with Crippen LogP contribution in [0.5, 0.6) is 0 Å². The van der Waals surface area contributed by atoms with Crippen molar-refractivity contribution in [3.63, 3.8) is 0 Å². The minimum Gasteiger partial charge on any atom is -0.337 e. The number of hydrogen-bond acceptors (Lipinski definition) is 6. The molecule has 0 fully saturated rings. The Morgan fingerprint density at radius 1 is 1.44 bits per heavy atom. The average Bonchev–Trinajstić information content (AvgIpc) is 2.98.